The van der Waals surface area contributed by atoms with Gasteiger partial charge in [-0.2, -0.15) is 4.98 Å². The van der Waals surface area contributed by atoms with Crippen molar-refractivity contribution in [1.29, 1.82) is 0 Å². The molecule has 1 unspecified atom stereocenters. The van der Waals surface area contributed by atoms with E-state index in [1.807, 2.05) is 37.3 Å². The Labute approximate surface area is 157 Å². The van der Waals surface area contributed by atoms with Crippen molar-refractivity contribution in [2.24, 2.45) is 10.6 Å². The molecule has 0 spiro atoms. The molecule has 0 bridgehead atoms. The van der Waals surface area contributed by atoms with Gasteiger partial charge in [0.25, 0.3) is 0 Å². The van der Waals surface area contributed by atoms with Gasteiger partial charge in [-0.05, 0) is 60.5 Å². The molecule has 0 aliphatic heterocycles. The van der Waals surface area contributed by atoms with E-state index in [9.17, 15) is 4.39 Å². The van der Waals surface area contributed by atoms with Gasteiger partial charge in [0.05, 0.1) is 0 Å². The summed E-state index contributed by atoms with van der Waals surface area (Å²) in [5.41, 5.74) is 1.89. The third-order valence-corrected chi connectivity index (χ3v) is 5.12. The molecule has 1 fully saturated rings. The Morgan fingerprint density at radius 1 is 1.19 bits per heavy atom. The first-order chi connectivity index (χ1) is 12.4. The third-order valence-electron chi connectivity index (χ3n) is 4.57. The predicted octanol–water partition coefficient (Wildman–Crippen LogP) is 5.35. The Balaban J connectivity index is 0.000000206. The molecule has 0 radical (unpaired) electrons. The van der Waals surface area contributed by atoms with Crippen LogP contribution < -0.4 is 5.14 Å². The van der Waals surface area contributed by atoms with Crippen LogP contribution in [0.25, 0.3) is 11.4 Å². The topological polar surface area (TPSA) is 64.9 Å². The van der Waals surface area contributed by atoms with E-state index in [0.29, 0.717) is 23.2 Å². The second-order valence-corrected chi connectivity index (χ2v) is 7.80. The molecular weight excluding hydrogens is 349 g/mol. The van der Waals surface area contributed by atoms with Gasteiger partial charge in [0.15, 0.2) is 0 Å². The number of halogens is 1. The van der Waals surface area contributed by atoms with Crippen molar-refractivity contribution in [1.82, 2.24) is 10.1 Å². The van der Waals surface area contributed by atoms with E-state index in [0.717, 1.165) is 16.9 Å². The Kier molecular flexibility index (Phi) is 5.44. The van der Waals surface area contributed by atoms with Gasteiger partial charge in [0.2, 0.25) is 11.7 Å². The molecule has 6 heteroatoms. The Morgan fingerprint density at radius 2 is 1.88 bits per heavy atom. The summed E-state index contributed by atoms with van der Waals surface area (Å²) in [5.74, 6) is 1.20. The maximum Gasteiger partial charge on any atom is 0.230 e. The molecule has 0 saturated heterocycles. The van der Waals surface area contributed by atoms with Crippen LogP contribution in [0.2, 0.25) is 0 Å². The molecule has 1 atom stereocenters. The van der Waals surface area contributed by atoms with E-state index in [4.69, 9.17) is 9.66 Å². The Morgan fingerprint density at radius 3 is 2.46 bits per heavy atom. The molecule has 0 amide bonds. The lowest BCUT2D eigenvalue weighted by atomic mass is 10.1. The number of aryl methyl sites for hydroxylation is 1. The van der Waals surface area contributed by atoms with Gasteiger partial charge in [0, 0.05) is 16.4 Å². The largest absolute Gasteiger partial charge is 0.339 e. The standard InChI is InChI=1S/C14H15FN2O.C6H7NS/c1-8-4-5-9(15)6-10(8)12-16-13(18-17-12)11-7-14(11,2)3;7-8-6-4-2-1-3-5-6/h4-6,11H,7H2,1-3H3;1-5H,7H2. The molecule has 2 N–H and O–H groups in total. The highest BCUT2D eigenvalue weighted by molar-refractivity contribution is 7.97. The van der Waals surface area contributed by atoms with Gasteiger partial charge in [-0.3, -0.25) is 5.14 Å². The number of hydrogen-bond donors (Lipinski definition) is 1. The van der Waals surface area contributed by atoms with Crippen molar-refractivity contribution in [3.05, 3.63) is 65.8 Å². The van der Waals surface area contributed by atoms with Gasteiger partial charge < -0.3 is 4.52 Å². The molecule has 1 aliphatic carbocycles. The SMILES string of the molecule is Cc1ccc(F)cc1-c1noc(C2CC2(C)C)n1.NSc1ccccc1. The average Bonchev–Trinajstić information content (AvgIpc) is 3.06. The van der Waals surface area contributed by atoms with Crippen LogP contribution in [-0.4, -0.2) is 10.1 Å². The fraction of sp³-hybridized carbons (Fsp3) is 0.300. The molecule has 3 aromatic rings. The van der Waals surface area contributed by atoms with Crippen LogP contribution in [0.1, 0.15) is 37.6 Å². The second-order valence-electron chi connectivity index (χ2n) is 7.09. The summed E-state index contributed by atoms with van der Waals surface area (Å²) in [4.78, 5) is 5.50. The number of hydrogen-bond acceptors (Lipinski definition) is 5. The van der Waals surface area contributed by atoms with E-state index in [-0.39, 0.29) is 11.2 Å². The molecule has 1 aliphatic rings. The lowest BCUT2D eigenvalue weighted by Gasteiger charge is -2.00. The van der Waals surface area contributed by atoms with Gasteiger partial charge in [0.1, 0.15) is 5.82 Å². The predicted molar refractivity (Wildman–Crippen MR) is 102 cm³/mol. The van der Waals surface area contributed by atoms with Gasteiger partial charge in [-0.25, -0.2) is 4.39 Å². The summed E-state index contributed by atoms with van der Waals surface area (Å²) in [6.07, 6.45) is 1.07. The summed E-state index contributed by atoms with van der Waals surface area (Å²) < 4.78 is 18.5. The first-order valence-electron chi connectivity index (χ1n) is 8.42. The highest BCUT2D eigenvalue weighted by Crippen LogP contribution is 2.58. The molecule has 1 aromatic heterocycles. The summed E-state index contributed by atoms with van der Waals surface area (Å²) in [7, 11) is 0. The molecule has 1 heterocycles. The van der Waals surface area contributed by atoms with Gasteiger partial charge >= 0.3 is 0 Å². The highest BCUT2D eigenvalue weighted by atomic mass is 32.2. The highest BCUT2D eigenvalue weighted by Gasteiger charge is 2.50. The van der Waals surface area contributed by atoms with E-state index in [1.54, 1.807) is 6.07 Å². The van der Waals surface area contributed by atoms with Crippen LogP contribution >= 0.6 is 11.9 Å². The maximum atomic E-state index is 13.2. The molecular formula is C20H22FN3OS. The number of aromatic nitrogens is 2. The van der Waals surface area contributed by atoms with Crippen LogP contribution in [0.5, 0.6) is 0 Å². The first-order valence-corrected chi connectivity index (χ1v) is 9.30. The zero-order chi connectivity index (χ0) is 18.7. The molecule has 4 rings (SSSR count). The van der Waals surface area contributed by atoms with E-state index in [1.165, 1.54) is 24.1 Å². The summed E-state index contributed by atoms with van der Waals surface area (Å²) in [5, 5.41) is 9.23. The maximum absolute atomic E-state index is 13.2. The van der Waals surface area contributed by atoms with E-state index in [2.05, 4.69) is 24.0 Å². The van der Waals surface area contributed by atoms with Crippen molar-refractivity contribution in [2.75, 3.05) is 0 Å². The minimum Gasteiger partial charge on any atom is -0.339 e. The third kappa shape index (κ3) is 4.31. The van der Waals surface area contributed by atoms with Crippen LogP contribution in [0.15, 0.2) is 57.9 Å². The van der Waals surface area contributed by atoms with Gasteiger partial charge in [-0.1, -0.05) is 43.3 Å². The summed E-state index contributed by atoms with van der Waals surface area (Å²) >= 11 is 1.27. The van der Waals surface area contributed by atoms with Crippen LogP contribution in [0, 0.1) is 18.2 Å². The van der Waals surface area contributed by atoms with Crippen molar-refractivity contribution in [2.45, 2.75) is 38.0 Å². The number of rotatable bonds is 3. The zero-order valence-electron chi connectivity index (χ0n) is 15.1. The lowest BCUT2D eigenvalue weighted by molar-refractivity contribution is 0.368. The number of nitrogens with two attached hydrogens (primary N) is 1. The Bertz CT molecular complexity index is 880. The zero-order valence-corrected chi connectivity index (χ0v) is 15.9. The fourth-order valence-corrected chi connectivity index (χ4v) is 3.02. The van der Waals surface area contributed by atoms with Crippen LogP contribution in [0.3, 0.4) is 0 Å². The summed E-state index contributed by atoms with van der Waals surface area (Å²) in [6.45, 7) is 6.26. The normalized spacial score (nSPS) is 17.3. The average molecular weight is 371 g/mol. The van der Waals surface area contributed by atoms with Crippen LogP contribution in [0.4, 0.5) is 4.39 Å². The minimum absolute atomic E-state index is 0.251. The molecule has 1 saturated carbocycles. The second kappa shape index (κ2) is 7.60. The molecule has 136 valence electrons. The summed E-state index contributed by atoms with van der Waals surface area (Å²) in [6, 6.07) is 14.5. The monoisotopic (exact) mass is 371 g/mol. The molecule has 4 nitrogen and oxygen atoms in total. The van der Waals surface area contributed by atoms with Crippen molar-refractivity contribution in [3.63, 3.8) is 0 Å². The first kappa shape index (κ1) is 18.6. The van der Waals surface area contributed by atoms with Crippen molar-refractivity contribution >= 4 is 11.9 Å². The van der Waals surface area contributed by atoms with Crippen molar-refractivity contribution < 1.29 is 8.91 Å². The minimum atomic E-state index is -0.284. The lowest BCUT2D eigenvalue weighted by Crippen LogP contribution is -1.91. The van der Waals surface area contributed by atoms with Crippen molar-refractivity contribution in [3.8, 4) is 11.4 Å². The van der Waals surface area contributed by atoms with Gasteiger partial charge in [-0.15, -0.1) is 0 Å². The number of nitrogens with zero attached hydrogens (tertiary/aromatic N) is 2. The molecule has 26 heavy (non-hydrogen) atoms. The number of benzene rings is 2. The fourth-order valence-electron chi connectivity index (χ4n) is 2.71. The smallest absolute Gasteiger partial charge is 0.230 e. The van der Waals surface area contributed by atoms with E-state index < -0.39 is 0 Å². The Hall–Kier alpha value is -2.18. The van der Waals surface area contributed by atoms with E-state index >= 15 is 0 Å². The quantitative estimate of drug-likeness (QED) is 0.629. The van der Waals surface area contributed by atoms with Crippen LogP contribution in [-0.2, 0) is 0 Å². The molecule has 2 aromatic carbocycles.